The highest BCUT2D eigenvalue weighted by molar-refractivity contribution is 6.88. The van der Waals surface area contributed by atoms with Crippen molar-refractivity contribution in [1.82, 2.24) is 0 Å². The predicted molar refractivity (Wildman–Crippen MR) is 94.1 cm³/mol. The zero-order valence-corrected chi connectivity index (χ0v) is 16.9. The van der Waals surface area contributed by atoms with E-state index in [0.29, 0.717) is 0 Å². The molecule has 0 N–H and O–H groups in total. The number of rotatable bonds is 7. The van der Waals surface area contributed by atoms with Gasteiger partial charge in [0, 0.05) is 0 Å². The third-order valence-electron chi connectivity index (χ3n) is 4.20. The largest absolute Gasteiger partial charge is 0.412 e. The maximum Gasteiger partial charge on any atom is 0.184 e. The molecule has 0 aliphatic heterocycles. The van der Waals surface area contributed by atoms with E-state index in [9.17, 15) is 0 Å². The van der Waals surface area contributed by atoms with Crippen molar-refractivity contribution in [2.45, 2.75) is 90.8 Å². The van der Waals surface area contributed by atoms with E-state index in [-0.39, 0.29) is 6.10 Å². The van der Waals surface area contributed by atoms with E-state index >= 15 is 0 Å². The zero-order valence-electron chi connectivity index (χ0n) is 14.9. The molecule has 0 fully saturated rings. The van der Waals surface area contributed by atoms with Gasteiger partial charge in [-0.15, -0.1) is 0 Å². The van der Waals surface area contributed by atoms with Gasteiger partial charge in [-0.25, -0.2) is 0 Å². The van der Waals surface area contributed by atoms with Gasteiger partial charge in [0.05, 0.1) is 14.2 Å². The molecule has 0 radical (unpaired) electrons. The Bertz CT molecular complexity index is 266. The molecule has 0 aliphatic rings. The fourth-order valence-corrected chi connectivity index (χ4v) is 10.4. The molecule has 0 heterocycles. The summed E-state index contributed by atoms with van der Waals surface area (Å²) in [5, 5.41) is 0. The normalized spacial score (nSPS) is 16.1. The summed E-state index contributed by atoms with van der Waals surface area (Å²) in [5.41, 5.74) is 4.92. The van der Waals surface area contributed by atoms with E-state index in [0.717, 1.165) is 16.6 Å². The molecule has 1 unspecified atom stereocenters. The van der Waals surface area contributed by atoms with Crippen LogP contribution in [-0.4, -0.2) is 22.5 Å². The molecular weight excluding hydrogens is 264 g/mol. The van der Waals surface area contributed by atoms with Gasteiger partial charge in [0.25, 0.3) is 0 Å². The Hall–Kier alpha value is 0.134. The van der Waals surface area contributed by atoms with Crippen molar-refractivity contribution in [2.75, 3.05) is 0 Å². The van der Waals surface area contributed by atoms with Crippen molar-refractivity contribution in [3.63, 3.8) is 0 Å². The van der Waals surface area contributed by atoms with E-state index in [4.69, 9.17) is 4.43 Å². The van der Waals surface area contributed by atoms with Crippen LogP contribution in [0.2, 0.25) is 36.3 Å². The predicted octanol–water partition coefficient (Wildman–Crippen LogP) is 6.00. The van der Waals surface area contributed by atoms with Crippen LogP contribution in [0.15, 0.2) is 11.8 Å². The van der Waals surface area contributed by atoms with Crippen molar-refractivity contribution in [1.29, 1.82) is 0 Å². The zero-order chi connectivity index (χ0) is 15.4. The lowest BCUT2D eigenvalue weighted by Gasteiger charge is -2.41. The van der Waals surface area contributed by atoms with Crippen LogP contribution in [0.4, 0.5) is 0 Å². The lowest BCUT2D eigenvalue weighted by molar-refractivity contribution is 0.263. The summed E-state index contributed by atoms with van der Waals surface area (Å²) in [6.07, 6.45) is 2.61. The summed E-state index contributed by atoms with van der Waals surface area (Å²) in [6, 6.07) is 0. The van der Waals surface area contributed by atoms with E-state index in [1.54, 1.807) is 0 Å². The lowest BCUT2D eigenvalue weighted by atomic mass is 10.4. The Balaban J connectivity index is 5.13. The first-order valence-electron chi connectivity index (χ1n) is 7.80. The van der Waals surface area contributed by atoms with Crippen molar-refractivity contribution in [3.05, 3.63) is 11.8 Å². The topological polar surface area (TPSA) is 9.23 Å². The quantitative estimate of drug-likeness (QED) is 0.524. The Morgan fingerprint density at radius 1 is 0.737 bits per heavy atom. The molecule has 0 spiro atoms. The standard InChI is InChI=1S/C16H36OSi2/c1-13(2)19(14(3)4,15(5)6)12-11-16(7)17-18(8,9)10/h11-16H,1-10H3/b12-11+. The maximum atomic E-state index is 6.15. The van der Waals surface area contributed by atoms with E-state index in [1.807, 2.05) is 0 Å². The smallest absolute Gasteiger partial charge is 0.184 e. The van der Waals surface area contributed by atoms with Crippen LogP contribution in [0, 0.1) is 0 Å². The molecule has 19 heavy (non-hydrogen) atoms. The molecule has 114 valence electrons. The number of hydrogen-bond acceptors (Lipinski definition) is 1. The average Bonchev–Trinajstić information content (AvgIpc) is 2.13. The molecule has 0 rings (SSSR count). The molecular formula is C16H36OSi2. The minimum atomic E-state index is -1.43. The first kappa shape index (κ1) is 19.1. The molecule has 1 atom stereocenters. The maximum absolute atomic E-state index is 6.15. The van der Waals surface area contributed by atoms with Gasteiger partial charge in [0.15, 0.2) is 8.32 Å². The molecule has 0 aromatic heterocycles. The second-order valence-electron chi connectivity index (χ2n) is 7.76. The fourth-order valence-electron chi connectivity index (χ4n) is 3.48. The molecule has 3 heteroatoms. The van der Waals surface area contributed by atoms with Gasteiger partial charge in [0.2, 0.25) is 0 Å². The summed E-state index contributed by atoms with van der Waals surface area (Å²) >= 11 is 0. The van der Waals surface area contributed by atoms with Crippen LogP contribution < -0.4 is 0 Å². The summed E-state index contributed by atoms with van der Waals surface area (Å²) in [5.74, 6) is 0. The van der Waals surface area contributed by atoms with Gasteiger partial charge < -0.3 is 4.43 Å². The second-order valence-corrected chi connectivity index (χ2v) is 18.0. The molecule has 0 aromatic carbocycles. The summed E-state index contributed by atoms with van der Waals surface area (Å²) in [4.78, 5) is 0. The van der Waals surface area contributed by atoms with Gasteiger partial charge in [-0.3, -0.25) is 0 Å². The van der Waals surface area contributed by atoms with Gasteiger partial charge in [-0.2, -0.15) is 0 Å². The highest BCUT2D eigenvalue weighted by atomic mass is 28.4. The van der Waals surface area contributed by atoms with Crippen molar-refractivity contribution in [3.8, 4) is 0 Å². The minimum absolute atomic E-state index is 0.259. The van der Waals surface area contributed by atoms with Gasteiger partial charge in [0.1, 0.15) is 0 Å². The first-order valence-corrected chi connectivity index (χ1v) is 13.5. The SMILES string of the molecule is CC(/C=C/[Si](C(C)C)(C(C)C)C(C)C)O[Si](C)(C)C. The summed E-state index contributed by atoms with van der Waals surface area (Å²) in [6.45, 7) is 23.4. The molecule has 0 saturated heterocycles. The highest BCUT2D eigenvalue weighted by Gasteiger charge is 2.40. The first-order chi connectivity index (χ1) is 8.43. The Kier molecular flexibility index (Phi) is 7.28. The van der Waals surface area contributed by atoms with E-state index in [2.05, 4.69) is 79.9 Å². The van der Waals surface area contributed by atoms with Crippen LogP contribution in [-0.2, 0) is 4.43 Å². The third kappa shape index (κ3) is 5.56. The molecule has 0 amide bonds. The number of hydrogen-bond donors (Lipinski definition) is 0. The summed E-state index contributed by atoms with van der Waals surface area (Å²) < 4.78 is 6.15. The van der Waals surface area contributed by atoms with Gasteiger partial charge in [-0.1, -0.05) is 53.3 Å². The van der Waals surface area contributed by atoms with Crippen molar-refractivity contribution in [2.24, 2.45) is 0 Å². The average molecular weight is 301 g/mol. The molecule has 1 nitrogen and oxygen atoms in total. The Morgan fingerprint density at radius 3 is 1.37 bits per heavy atom. The van der Waals surface area contributed by atoms with Crippen LogP contribution in [0.5, 0.6) is 0 Å². The van der Waals surface area contributed by atoms with Crippen LogP contribution >= 0.6 is 0 Å². The van der Waals surface area contributed by atoms with Gasteiger partial charge >= 0.3 is 0 Å². The second kappa shape index (κ2) is 7.23. The fraction of sp³-hybridized carbons (Fsp3) is 0.875. The molecule has 0 bridgehead atoms. The van der Waals surface area contributed by atoms with Crippen molar-refractivity contribution >= 4 is 16.4 Å². The monoisotopic (exact) mass is 300 g/mol. The van der Waals surface area contributed by atoms with Crippen molar-refractivity contribution < 1.29 is 4.43 Å². The van der Waals surface area contributed by atoms with Crippen LogP contribution in [0.25, 0.3) is 0 Å². The lowest BCUT2D eigenvalue weighted by Crippen LogP contribution is -2.43. The van der Waals surface area contributed by atoms with Crippen LogP contribution in [0.1, 0.15) is 48.5 Å². The van der Waals surface area contributed by atoms with Gasteiger partial charge in [-0.05, 0) is 43.2 Å². The van der Waals surface area contributed by atoms with E-state index in [1.165, 1.54) is 0 Å². The Morgan fingerprint density at radius 2 is 1.11 bits per heavy atom. The molecule has 0 aromatic rings. The third-order valence-corrected chi connectivity index (χ3v) is 12.0. The Labute approximate surface area is 124 Å². The summed E-state index contributed by atoms with van der Waals surface area (Å²) in [7, 11) is -2.84. The minimum Gasteiger partial charge on any atom is -0.412 e. The molecule has 0 aliphatic carbocycles. The van der Waals surface area contributed by atoms with E-state index < -0.39 is 16.4 Å². The molecule has 0 saturated carbocycles. The highest BCUT2D eigenvalue weighted by Crippen LogP contribution is 2.42. The van der Waals surface area contributed by atoms with Crippen LogP contribution in [0.3, 0.4) is 0 Å².